The SMILES string of the molecule is CCC(Nc1ccccc1NC(=O)OC(C)(C)C)C(=O)O. The number of para-hydroxylation sites is 2. The van der Waals surface area contributed by atoms with E-state index in [4.69, 9.17) is 9.84 Å². The Bertz CT molecular complexity index is 509. The predicted octanol–water partition coefficient (Wildman–Crippen LogP) is 3.31. The third kappa shape index (κ3) is 5.72. The normalized spacial score (nSPS) is 12.4. The van der Waals surface area contributed by atoms with Crippen molar-refractivity contribution < 1.29 is 19.4 Å². The Balaban J connectivity index is 2.84. The van der Waals surface area contributed by atoms with Crippen molar-refractivity contribution >= 4 is 23.4 Å². The van der Waals surface area contributed by atoms with E-state index >= 15 is 0 Å². The molecule has 116 valence electrons. The first-order valence-corrected chi connectivity index (χ1v) is 6.81. The van der Waals surface area contributed by atoms with E-state index in [0.29, 0.717) is 17.8 Å². The fourth-order valence-electron chi connectivity index (χ4n) is 1.66. The minimum absolute atomic E-state index is 0.427. The van der Waals surface area contributed by atoms with Gasteiger partial charge in [-0.15, -0.1) is 0 Å². The monoisotopic (exact) mass is 294 g/mol. The van der Waals surface area contributed by atoms with Gasteiger partial charge in [0.15, 0.2) is 0 Å². The van der Waals surface area contributed by atoms with Gasteiger partial charge in [0, 0.05) is 0 Å². The average Bonchev–Trinajstić information content (AvgIpc) is 2.34. The molecule has 0 aromatic heterocycles. The van der Waals surface area contributed by atoms with E-state index in [2.05, 4.69) is 10.6 Å². The summed E-state index contributed by atoms with van der Waals surface area (Å²) in [6, 6.07) is 6.18. The van der Waals surface area contributed by atoms with Gasteiger partial charge >= 0.3 is 12.1 Å². The minimum atomic E-state index is -0.940. The van der Waals surface area contributed by atoms with Gasteiger partial charge in [0.05, 0.1) is 11.4 Å². The van der Waals surface area contributed by atoms with Gasteiger partial charge in [0.2, 0.25) is 0 Å². The van der Waals surface area contributed by atoms with E-state index in [1.807, 2.05) is 0 Å². The first-order valence-electron chi connectivity index (χ1n) is 6.81. The molecule has 6 nitrogen and oxygen atoms in total. The molecule has 21 heavy (non-hydrogen) atoms. The zero-order valence-electron chi connectivity index (χ0n) is 12.8. The highest BCUT2D eigenvalue weighted by molar-refractivity contribution is 5.90. The maximum absolute atomic E-state index is 11.8. The van der Waals surface area contributed by atoms with E-state index in [9.17, 15) is 9.59 Å². The zero-order chi connectivity index (χ0) is 16.0. The number of hydrogen-bond acceptors (Lipinski definition) is 4. The lowest BCUT2D eigenvalue weighted by Crippen LogP contribution is -2.30. The Morgan fingerprint density at radius 2 is 1.81 bits per heavy atom. The van der Waals surface area contributed by atoms with Crippen molar-refractivity contribution in [3.8, 4) is 0 Å². The number of anilines is 2. The van der Waals surface area contributed by atoms with Crippen LogP contribution in [0.2, 0.25) is 0 Å². The lowest BCUT2D eigenvalue weighted by molar-refractivity contribution is -0.137. The van der Waals surface area contributed by atoms with Gasteiger partial charge in [-0.3, -0.25) is 5.32 Å². The third-order valence-electron chi connectivity index (χ3n) is 2.60. The van der Waals surface area contributed by atoms with Crippen LogP contribution in [0, 0.1) is 0 Å². The van der Waals surface area contributed by atoms with E-state index < -0.39 is 23.7 Å². The number of benzene rings is 1. The summed E-state index contributed by atoms with van der Waals surface area (Å²) in [5.41, 5.74) is 0.420. The zero-order valence-corrected chi connectivity index (χ0v) is 12.8. The molecule has 0 saturated carbocycles. The maximum atomic E-state index is 11.8. The van der Waals surface area contributed by atoms with Gasteiger partial charge in [-0.1, -0.05) is 19.1 Å². The first kappa shape index (κ1) is 16.8. The van der Waals surface area contributed by atoms with Crippen LogP contribution < -0.4 is 10.6 Å². The quantitative estimate of drug-likeness (QED) is 0.775. The van der Waals surface area contributed by atoms with Crippen LogP contribution in [0.4, 0.5) is 16.2 Å². The Morgan fingerprint density at radius 3 is 2.29 bits per heavy atom. The van der Waals surface area contributed by atoms with Gasteiger partial charge in [0.25, 0.3) is 0 Å². The summed E-state index contributed by atoms with van der Waals surface area (Å²) in [4.78, 5) is 22.9. The number of aliphatic carboxylic acids is 1. The first-order chi connectivity index (χ1) is 9.73. The number of ether oxygens (including phenoxy) is 1. The second-order valence-corrected chi connectivity index (χ2v) is 5.62. The second kappa shape index (κ2) is 6.97. The van der Waals surface area contributed by atoms with Crippen molar-refractivity contribution in [1.29, 1.82) is 0 Å². The number of amides is 1. The highest BCUT2D eigenvalue weighted by Crippen LogP contribution is 2.23. The number of carbonyl (C=O) groups is 2. The van der Waals surface area contributed by atoms with Crippen molar-refractivity contribution in [3.63, 3.8) is 0 Å². The van der Waals surface area contributed by atoms with E-state index in [0.717, 1.165) is 0 Å². The van der Waals surface area contributed by atoms with Crippen LogP contribution in [-0.2, 0) is 9.53 Å². The molecule has 0 aliphatic rings. The highest BCUT2D eigenvalue weighted by atomic mass is 16.6. The van der Waals surface area contributed by atoms with Crippen LogP contribution in [0.25, 0.3) is 0 Å². The van der Waals surface area contributed by atoms with Crippen molar-refractivity contribution in [2.24, 2.45) is 0 Å². The van der Waals surface area contributed by atoms with Crippen molar-refractivity contribution in [2.45, 2.75) is 45.8 Å². The molecule has 1 unspecified atom stereocenters. The molecule has 3 N–H and O–H groups in total. The molecule has 1 amide bonds. The number of hydrogen-bond donors (Lipinski definition) is 3. The van der Waals surface area contributed by atoms with Gasteiger partial charge in [-0.25, -0.2) is 9.59 Å². The van der Waals surface area contributed by atoms with E-state index in [1.54, 1.807) is 52.0 Å². The van der Waals surface area contributed by atoms with Crippen molar-refractivity contribution in [2.75, 3.05) is 10.6 Å². The Hall–Kier alpha value is -2.24. The largest absolute Gasteiger partial charge is 0.480 e. The molecule has 1 atom stereocenters. The molecule has 0 aliphatic heterocycles. The summed E-state index contributed by atoms with van der Waals surface area (Å²) in [5.74, 6) is -0.940. The highest BCUT2D eigenvalue weighted by Gasteiger charge is 2.19. The summed E-state index contributed by atoms with van der Waals surface area (Å²) in [7, 11) is 0. The van der Waals surface area contributed by atoms with E-state index in [1.165, 1.54) is 0 Å². The lowest BCUT2D eigenvalue weighted by atomic mass is 10.2. The molecule has 0 heterocycles. The van der Waals surface area contributed by atoms with Crippen LogP contribution in [0.15, 0.2) is 24.3 Å². The summed E-state index contributed by atoms with van der Waals surface area (Å²) in [5, 5.41) is 14.6. The van der Waals surface area contributed by atoms with Gasteiger partial charge < -0.3 is 15.2 Å². The van der Waals surface area contributed by atoms with Crippen LogP contribution in [0.1, 0.15) is 34.1 Å². The molecule has 0 radical (unpaired) electrons. The molecule has 1 aromatic rings. The summed E-state index contributed by atoms with van der Waals surface area (Å²) >= 11 is 0. The van der Waals surface area contributed by atoms with Gasteiger partial charge in [0.1, 0.15) is 11.6 Å². The standard InChI is InChI=1S/C15H22N2O4/c1-5-10(13(18)19)16-11-8-6-7-9-12(11)17-14(20)21-15(2,3)4/h6-10,16H,5H2,1-4H3,(H,17,20)(H,18,19). The van der Waals surface area contributed by atoms with Gasteiger partial charge in [-0.05, 0) is 39.3 Å². The smallest absolute Gasteiger partial charge is 0.412 e. The number of carbonyl (C=O) groups excluding carboxylic acids is 1. The number of rotatable bonds is 5. The molecule has 0 fully saturated rings. The number of carboxylic acids is 1. The Kier molecular flexibility index (Phi) is 5.58. The topological polar surface area (TPSA) is 87.7 Å². The van der Waals surface area contributed by atoms with Crippen molar-refractivity contribution in [3.05, 3.63) is 24.3 Å². The minimum Gasteiger partial charge on any atom is -0.480 e. The predicted molar refractivity (Wildman–Crippen MR) is 81.6 cm³/mol. The molecular formula is C15H22N2O4. The fourth-order valence-corrected chi connectivity index (χ4v) is 1.66. The molecule has 0 aliphatic carbocycles. The van der Waals surface area contributed by atoms with E-state index in [-0.39, 0.29) is 0 Å². The fraction of sp³-hybridized carbons (Fsp3) is 0.467. The Morgan fingerprint density at radius 1 is 1.24 bits per heavy atom. The molecule has 0 bridgehead atoms. The van der Waals surface area contributed by atoms with Gasteiger partial charge in [-0.2, -0.15) is 0 Å². The van der Waals surface area contributed by atoms with Crippen LogP contribution in [-0.4, -0.2) is 28.8 Å². The second-order valence-electron chi connectivity index (χ2n) is 5.62. The summed E-state index contributed by atoms with van der Waals surface area (Å²) < 4.78 is 5.18. The molecule has 0 spiro atoms. The molecule has 0 saturated heterocycles. The number of nitrogens with one attached hydrogen (secondary N) is 2. The average molecular weight is 294 g/mol. The van der Waals surface area contributed by atoms with Crippen LogP contribution in [0.5, 0.6) is 0 Å². The van der Waals surface area contributed by atoms with Crippen molar-refractivity contribution in [1.82, 2.24) is 0 Å². The number of carboxylic acid groups (broad SMARTS) is 1. The summed E-state index contributed by atoms with van der Waals surface area (Å²) in [6.45, 7) is 7.09. The molecule has 1 rings (SSSR count). The molecule has 1 aromatic carbocycles. The molecular weight excluding hydrogens is 272 g/mol. The molecule has 6 heteroatoms. The summed E-state index contributed by atoms with van der Waals surface area (Å²) in [6.07, 6.45) is -0.157. The maximum Gasteiger partial charge on any atom is 0.412 e. The third-order valence-corrected chi connectivity index (χ3v) is 2.60. The Labute approximate surface area is 124 Å². The lowest BCUT2D eigenvalue weighted by Gasteiger charge is -2.21. The van der Waals surface area contributed by atoms with Crippen LogP contribution >= 0.6 is 0 Å². The van der Waals surface area contributed by atoms with Crippen LogP contribution in [0.3, 0.4) is 0 Å².